The summed E-state index contributed by atoms with van der Waals surface area (Å²) >= 11 is 0. The number of hydrogen-bond acceptors (Lipinski definition) is 5. The Hall–Kier alpha value is -2.50. The predicted molar refractivity (Wildman–Crippen MR) is 86.0 cm³/mol. The molecule has 0 fully saturated rings. The van der Waals surface area contributed by atoms with Crippen LogP contribution in [0.5, 0.6) is 5.75 Å². The number of carbonyl (C=O) groups is 1. The number of hydrogen-bond donors (Lipinski definition) is 2. The van der Waals surface area contributed by atoms with Crippen LogP contribution in [0.25, 0.3) is 5.76 Å². The van der Waals surface area contributed by atoms with Crippen LogP contribution >= 0.6 is 0 Å². The molecular weight excluding hydrogens is 284 g/mol. The molecule has 0 radical (unpaired) electrons. The SMILES string of the molecule is CCCN=C(N)C(C(=O)OCC)=C(O)c1ccc(OC)cc1. The maximum absolute atomic E-state index is 12.1. The van der Waals surface area contributed by atoms with Crippen molar-refractivity contribution >= 4 is 17.6 Å². The third-order valence-electron chi connectivity index (χ3n) is 2.84. The van der Waals surface area contributed by atoms with Crippen LogP contribution in [0.4, 0.5) is 0 Å². The molecule has 0 aliphatic heterocycles. The number of nitrogens with zero attached hydrogens (tertiary/aromatic N) is 1. The quantitative estimate of drug-likeness (QED) is 0.265. The van der Waals surface area contributed by atoms with Crippen LogP contribution in [-0.4, -0.2) is 37.2 Å². The molecule has 0 aliphatic rings. The minimum absolute atomic E-state index is 0.0337. The van der Waals surface area contributed by atoms with Gasteiger partial charge < -0.3 is 20.3 Å². The summed E-state index contributed by atoms with van der Waals surface area (Å²) < 4.78 is 10.0. The van der Waals surface area contributed by atoms with Crippen LogP contribution in [0.3, 0.4) is 0 Å². The fraction of sp³-hybridized carbons (Fsp3) is 0.375. The highest BCUT2D eigenvalue weighted by Crippen LogP contribution is 2.20. The number of esters is 1. The fourth-order valence-electron chi connectivity index (χ4n) is 1.73. The van der Waals surface area contributed by atoms with Gasteiger partial charge in [0.05, 0.1) is 13.7 Å². The maximum atomic E-state index is 12.1. The van der Waals surface area contributed by atoms with Gasteiger partial charge in [0.2, 0.25) is 0 Å². The van der Waals surface area contributed by atoms with Crippen LogP contribution in [-0.2, 0) is 9.53 Å². The Morgan fingerprint density at radius 2 is 1.91 bits per heavy atom. The van der Waals surface area contributed by atoms with E-state index in [0.29, 0.717) is 17.9 Å². The molecule has 6 heteroatoms. The summed E-state index contributed by atoms with van der Waals surface area (Å²) in [6.07, 6.45) is 0.778. The van der Waals surface area contributed by atoms with Crippen molar-refractivity contribution in [2.45, 2.75) is 20.3 Å². The van der Waals surface area contributed by atoms with Gasteiger partial charge in [0.1, 0.15) is 22.9 Å². The van der Waals surface area contributed by atoms with Crippen molar-refractivity contribution in [1.29, 1.82) is 0 Å². The van der Waals surface area contributed by atoms with Crippen molar-refractivity contribution in [3.8, 4) is 5.75 Å². The molecule has 22 heavy (non-hydrogen) atoms. The number of methoxy groups -OCH3 is 1. The summed E-state index contributed by atoms with van der Waals surface area (Å²) in [5.41, 5.74) is 6.14. The minimum Gasteiger partial charge on any atom is -0.506 e. The number of ether oxygens (including phenoxy) is 2. The van der Waals surface area contributed by atoms with Crippen molar-refractivity contribution in [2.24, 2.45) is 10.7 Å². The summed E-state index contributed by atoms with van der Waals surface area (Å²) in [7, 11) is 1.55. The van der Waals surface area contributed by atoms with E-state index in [1.54, 1.807) is 38.3 Å². The number of carbonyl (C=O) groups excluding carboxylic acids is 1. The highest BCUT2D eigenvalue weighted by atomic mass is 16.5. The summed E-state index contributed by atoms with van der Waals surface area (Å²) in [6, 6.07) is 6.60. The van der Waals surface area contributed by atoms with Gasteiger partial charge in [-0.1, -0.05) is 6.92 Å². The smallest absolute Gasteiger partial charge is 0.345 e. The summed E-state index contributed by atoms with van der Waals surface area (Å²) in [4.78, 5) is 16.1. The lowest BCUT2D eigenvalue weighted by atomic mass is 10.1. The van der Waals surface area contributed by atoms with Crippen molar-refractivity contribution < 1.29 is 19.4 Å². The average molecular weight is 306 g/mol. The molecular formula is C16H22N2O4. The van der Waals surface area contributed by atoms with E-state index >= 15 is 0 Å². The molecule has 0 unspecified atom stereocenters. The van der Waals surface area contributed by atoms with E-state index in [9.17, 15) is 9.90 Å². The van der Waals surface area contributed by atoms with E-state index in [4.69, 9.17) is 15.2 Å². The maximum Gasteiger partial charge on any atom is 0.345 e. The Kier molecular flexibility index (Phi) is 6.95. The first-order chi connectivity index (χ1) is 10.5. The topological polar surface area (TPSA) is 94.1 Å². The van der Waals surface area contributed by atoms with Crippen LogP contribution in [0.15, 0.2) is 34.8 Å². The van der Waals surface area contributed by atoms with Crippen LogP contribution in [0.2, 0.25) is 0 Å². The highest BCUT2D eigenvalue weighted by molar-refractivity contribution is 6.22. The number of rotatable bonds is 7. The Balaban J connectivity index is 3.28. The molecule has 0 aromatic heterocycles. The minimum atomic E-state index is -0.701. The molecule has 0 saturated heterocycles. The highest BCUT2D eigenvalue weighted by Gasteiger charge is 2.21. The van der Waals surface area contributed by atoms with Gasteiger partial charge in [0.25, 0.3) is 0 Å². The van der Waals surface area contributed by atoms with E-state index in [1.807, 2.05) is 6.92 Å². The first-order valence-corrected chi connectivity index (χ1v) is 7.10. The lowest BCUT2D eigenvalue weighted by Crippen LogP contribution is -2.25. The zero-order valence-corrected chi connectivity index (χ0v) is 13.1. The van der Waals surface area contributed by atoms with Crippen molar-refractivity contribution in [1.82, 2.24) is 0 Å². The molecule has 0 bridgehead atoms. The van der Waals surface area contributed by atoms with Gasteiger partial charge in [-0.05, 0) is 37.6 Å². The Morgan fingerprint density at radius 3 is 2.41 bits per heavy atom. The van der Waals surface area contributed by atoms with Crippen LogP contribution < -0.4 is 10.5 Å². The van der Waals surface area contributed by atoms with Gasteiger partial charge in [0, 0.05) is 12.1 Å². The summed E-state index contributed by atoms with van der Waals surface area (Å²) in [6.45, 7) is 4.26. The van der Waals surface area contributed by atoms with Crippen LogP contribution in [0, 0.1) is 0 Å². The Morgan fingerprint density at radius 1 is 1.27 bits per heavy atom. The zero-order chi connectivity index (χ0) is 16.5. The molecule has 3 N–H and O–H groups in total. The van der Waals surface area contributed by atoms with Gasteiger partial charge in [0.15, 0.2) is 0 Å². The second kappa shape index (κ2) is 8.71. The van der Waals surface area contributed by atoms with Crippen molar-refractivity contribution in [3.05, 3.63) is 35.4 Å². The second-order valence-electron chi connectivity index (χ2n) is 4.44. The van der Waals surface area contributed by atoms with Crippen LogP contribution in [0.1, 0.15) is 25.8 Å². The molecule has 0 atom stereocenters. The third-order valence-corrected chi connectivity index (χ3v) is 2.84. The molecule has 0 heterocycles. The van der Waals surface area contributed by atoms with Gasteiger partial charge in [-0.15, -0.1) is 0 Å². The van der Waals surface area contributed by atoms with E-state index in [1.165, 1.54) is 0 Å². The lowest BCUT2D eigenvalue weighted by molar-refractivity contribution is -0.137. The zero-order valence-electron chi connectivity index (χ0n) is 13.1. The van der Waals surface area contributed by atoms with Crippen molar-refractivity contribution in [2.75, 3.05) is 20.3 Å². The largest absolute Gasteiger partial charge is 0.506 e. The molecule has 0 spiro atoms. The Labute approximate surface area is 130 Å². The average Bonchev–Trinajstić information content (AvgIpc) is 2.53. The molecule has 6 nitrogen and oxygen atoms in total. The molecule has 1 aromatic carbocycles. The van der Waals surface area contributed by atoms with Gasteiger partial charge >= 0.3 is 5.97 Å². The molecule has 1 rings (SSSR count). The number of amidine groups is 1. The van der Waals surface area contributed by atoms with Gasteiger partial charge in [-0.25, -0.2) is 4.79 Å². The van der Waals surface area contributed by atoms with E-state index in [2.05, 4.69) is 4.99 Å². The predicted octanol–water partition coefficient (Wildman–Crippen LogP) is 2.29. The van der Waals surface area contributed by atoms with Gasteiger partial charge in [-0.3, -0.25) is 4.99 Å². The second-order valence-corrected chi connectivity index (χ2v) is 4.44. The molecule has 1 aromatic rings. The lowest BCUT2D eigenvalue weighted by Gasteiger charge is -2.10. The van der Waals surface area contributed by atoms with E-state index < -0.39 is 5.97 Å². The number of aliphatic hydroxyl groups excluding tert-OH is 1. The number of aliphatic imine (C=N–C) groups is 1. The Bertz CT molecular complexity index is 562. The molecule has 0 amide bonds. The first-order valence-electron chi connectivity index (χ1n) is 7.10. The number of nitrogens with two attached hydrogens (primary N) is 1. The number of benzene rings is 1. The molecule has 0 saturated carbocycles. The van der Waals surface area contributed by atoms with Gasteiger partial charge in [-0.2, -0.15) is 0 Å². The third kappa shape index (κ3) is 4.51. The fourth-order valence-corrected chi connectivity index (χ4v) is 1.73. The summed E-state index contributed by atoms with van der Waals surface area (Å²) in [5.74, 6) is -0.359. The van der Waals surface area contributed by atoms with E-state index in [-0.39, 0.29) is 23.8 Å². The van der Waals surface area contributed by atoms with Crippen molar-refractivity contribution in [3.63, 3.8) is 0 Å². The normalized spacial score (nSPS) is 12.6. The monoisotopic (exact) mass is 306 g/mol. The molecule has 120 valence electrons. The van der Waals surface area contributed by atoms with E-state index in [0.717, 1.165) is 6.42 Å². The first kappa shape index (κ1) is 17.6. The standard InChI is InChI=1S/C16H22N2O4/c1-4-10-18-15(17)13(16(20)22-5-2)14(19)11-6-8-12(21-3)9-7-11/h6-9,19H,4-5,10H2,1-3H3,(H2,17,18). The summed E-state index contributed by atoms with van der Waals surface area (Å²) in [5, 5.41) is 10.4. The molecule has 0 aliphatic carbocycles. The number of aliphatic hydroxyl groups is 1.